The Bertz CT molecular complexity index is 958. The fourth-order valence-electron chi connectivity index (χ4n) is 2.44. The molecule has 0 atom stereocenters. The number of cyclic esters (lactones) is 1. The number of hydrogen-bond donors (Lipinski definition) is 0. The predicted molar refractivity (Wildman–Crippen MR) is 93.3 cm³/mol. The molecule has 3 rings (SSSR count). The number of halogens is 4. The van der Waals surface area contributed by atoms with Gasteiger partial charge in [0, 0.05) is 5.56 Å². The van der Waals surface area contributed by atoms with E-state index in [-0.39, 0.29) is 28.8 Å². The van der Waals surface area contributed by atoms with E-state index in [2.05, 4.69) is 14.5 Å². The van der Waals surface area contributed by atoms with Gasteiger partial charge in [0.05, 0.1) is 7.11 Å². The highest BCUT2D eigenvalue weighted by molar-refractivity contribution is 6.12. The van der Waals surface area contributed by atoms with Gasteiger partial charge in [-0.25, -0.2) is 9.79 Å². The number of hydrogen-bond acceptors (Lipinski definition) is 6. The maximum atomic E-state index is 12.4. The molecule has 0 radical (unpaired) electrons. The molecular weight excluding hydrogens is 398 g/mol. The van der Waals surface area contributed by atoms with E-state index in [9.17, 15) is 22.4 Å². The summed E-state index contributed by atoms with van der Waals surface area (Å²) in [4.78, 5) is 16.1. The lowest BCUT2D eigenvalue weighted by atomic mass is 10.1. The third-order valence-corrected chi connectivity index (χ3v) is 3.65. The molecule has 0 fully saturated rings. The summed E-state index contributed by atoms with van der Waals surface area (Å²) in [6, 6.07) is 9.48. The first-order valence-corrected chi connectivity index (χ1v) is 8.06. The van der Waals surface area contributed by atoms with E-state index in [1.807, 2.05) is 0 Å². The van der Waals surface area contributed by atoms with Crippen LogP contribution in [0.25, 0.3) is 6.08 Å². The SMILES string of the molecule is COc1cc(/C=C2\N=C(c3ccc(OC(F)F)cc3)OC2=O)ccc1OC(F)F. The molecule has 10 heteroatoms. The fourth-order valence-corrected chi connectivity index (χ4v) is 2.44. The molecule has 0 aromatic heterocycles. The van der Waals surface area contributed by atoms with Crippen LogP contribution in [0.2, 0.25) is 0 Å². The van der Waals surface area contributed by atoms with E-state index in [4.69, 9.17) is 9.47 Å². The average molecular weight is 411 g/mol. The van der Waals surface area contributed by atoms with Gasteiger partial charge in [-0.3, -0.25) is 0 Å². The van der Waals surface area contributed by atoms with Gasteiger partial charge in [0.15, 0.2) is 17.2 Å². The third kappa shape index (κ3) is 5.03. The minimum Gasteiger partial charge on any atom is -0.493 e. The molecule has 0 aliphatic carbocycles. The molecule has 29 heavy (non-hydrogen) atoms. The Balaban J connectivity index is 1.83. The Kier molecular flexibility index (Phi) is 6.01. The van der Waals surface area contributed by atoms with Crippen LogP contribution in [0.15, 0.2) is 53.2 Å². The molecule has 0 bridgehead atoms. The molecule has 0 saturated heterocycles. The number of carbonyl (C=O) groups is 1. The summed E-state index contributed by atoms with van der Waals surface area (Å²) in [5.74, 6) is -0.921. The van der Waals surface area contributed by atoms with Crippen molar-refractivity contribution >= 4 is 17.9 Å². The van der Waals surface area contributed by atoms with E-state index in [1.54, 1.807) is 0 Å². The zero-order chi connectivity index (χ0) is 21.0. The monoisotopic (exact) mass is 411 g/mol. The van der Waals surface area contributed by atoms with Gasteiger partial charge >= 0.3 is 19.2 Å². The molecule has 2 aromatic carbocycles. The predicted octanol–water partition coefficient (Wildman–Crippen LogP) is 4.24. The number of nitrogens with zero attached hydrogens (tertiary/aromatic N) is 1. The third-order valence-electron chi connectivity index (χ3n) is 3.65. The van der Waals surface area contributed by atoms with Crippen molar-refractivity contribution in [2.75, 3.05) is 7.11 Å². The summed E-state index contributed by atoms with van der Waals surface area (Å²) in [7, 11) is 1.28. The van der Waals surface area contributed by atoms with Crippen molar-refractivity contribution < 1.29 is 41.3 Å². The summed E-state index contributed by atoms with van der Waals surface area (Å²) >= 11 is 0. The van der Waals surface area contributed by atoms with E-state index in [1.165, 1.54) is 55.7 Å². The number of carbonyl (C=O) groups excluding carboxylic acids is 1. The van der Waals surface area contributed by atoms with Crippen LogP contribution in [0.1, 0.15) is 11.1 Å². The van der Waals surface area contributed by atoms with Crippen molar-refractivity contribution in [2.45, 2.75) is 13.2 Å². The Morgan fingerprint density at radius 3 is 2.28 bits per heavy atom. The highest BCUT2D eigenvalue weighted by atomic mass is 19.3. The van der Waals surface area contributed by atoms with Crippen LogP contribution >= 0.6 is 0 Å². The first-order valence-electron chi connectivity index (χ1n) is 8.06. The topological polar surface area (TPSA) is 66.3 Å². The van der Waals surface area contributed by atoms with Crippen LogP contribution in [0.5, 0.6) is 17.2 Å². The maximum absolute atomic E-state index is 12.4. The van der Waals surface area contributed by atoms with Gasteiger partial charge in [-0.2, -0.15) is 17.6 Å². The van der Waals surface area contributed by atoms with Crippen LogP contribution in [0, 0.1) is 0 Å². The largest absolute Gasteiger partial charge is 0.493 e. The van der Waals surface area contributed by atoms with Gasteiger partial charge in [-0.05, 0) is 48.0 Å². The van der Waals surface area contributed by atoms with Gasteiger partial charge in [0.1, 0.15) is 5.75 Å². The minimum atomic E-state index is -3.01. The van der Waals surface area contributed by atoms with Gasteiger partial charge in [0.2, 0.25) is 5.90 Å². The number of methoxy groups -OCH3 is 1. The second-order valence-corrected chi connectivity index (χ2v) is 5.53. The lowest BCUT2D eigenvalue weighted by Crippen LogP contribution is -2.06. The molecule has 1 aliphatic rings. The summed E-state index contributed by atoms with van der Waals surface area (Å²) in [6.45, 7) is -5.96. The normalized spacial score (nSPS) is 14.9. The second kappa shape index (κ2) is 8.63. The number of alkyl halides is 4. The highest BCUT2D eigenvalue weighted by Gasteiger charge is 2.24. The van der Waals surface area contributed by atoms with Crippen LogP contribution in [0.3, 0.4) is 0 Å². The van der Waals surface area contributed by atoms with Gasteiger partial charge < -0.3 is 18.9 Å². The van der Waals surface area contributed by atoms with Crippen LogP contribution in [0.4, 0.5) is 17.6 Å². The lowest BCUT2D eigenvalue weighted by molar-refractivity contribution is -0.129. The van der Waals surface area contributed by atoms with E-state index < -0.39 is 19.2 Å². The Morgan fingerprint density at radius 1 is 0.966 bits per heavy atom. The van der Waals surface area contributed by atoms with Crippen molar-refractivity contribution in [2.24, 2.45) is 4.99 Å². The van der Waals surface area contributed by atoms with Crippen molar-refractivity contribution in [3.8, 4) is 17.2 Å². The Morgan fingerprint density at radius 2 is 1.66 bits per heavy atom. The number of esters is 1. The first-order chi connectivity index (χ1) is 13.9. The number of aliphatic imine (C=N–C) groups is 1. The smallest absolute Gasteiger partial charge is 0.387 e. The number of rotatable bonds is 7. The average Bonchev–Trinajstić information content (AvgIpc) is 3.03. The van der Waals surface area contributed by atoms with Crippen molar-refractivity contribution in [3.63, 3.8) is 0 Å². The molecule has 0 spiro atoms. The molecule has 0 unspecified atom stereocenters. The van der Waals surface area contributed by atoms with Crippen molar-refractivity contribution in [3.05, 3.63) is 59.3 Å². The molecule has 0 amide bonds. The standard InChI is InChI=1S/C19H13F4NO5/c1-26-15-9-10(2-7-14(15)28-19(22)23)8-13-17(25)29-16(24-13)11-3-5-12(6-4-11)27-18(20)21/h2-9,18-19H,1H3/b13-8-. The maximum Gasteiger partial charge on any atom is 0.387 e. The fraction of sp³-hybridized carbons (Fsp3) is 0.158. The minimum absolute atomic E-state index is 0.0190. The van der Waals surface area contributed by atoms with E-state index in [0.717, 1.165) is 0 Å². The lowest BCUT2D eigenvalue weighted by Gasteiger charge is -2.10. The molecular formula is C19H13F4NO5. The number of benzene rings is 2. The summed E-state index contributed by atoms with van der Waals surface area (Å²) in [5, 5.41) is 0. The second-order valence-electron chi connectivity index (χ2n) is 5.53. The summed E-state index contributed by atoms with van der Waals surface area (Å²) < 4.78 is 67.8. The molecule has 1 aliphatic heterocycles. The number of ether oxygens (including phenoxy) is 4. The zero-order valence-corrected chi connectivity index (χ0v) is 14.8. The quantitative estimate of drug-likeness (QED) is 0.387. The highest BCUT2D eigenvalue weighted by Crippen LogP contribution is 2.31. The molecule has 0 N–H and O–H groups in total. The Labute approximate surface area is 162 Å². The first kappa shape index (κ1) is 20.2. The van der Waals surface area contributed by atoms with E-state index >= 15 is 0 Å². The van der Waals surface area contributed by atoms with Crippen LogP contribution in [-0.2, 0) is 9.53 Å². The summed E-state index contributed by atoms with van der Waals surface area (Å²) in [6.07, 6.45) is 1.37. The van der Waals surface area contributed by atoms with Crippen molar-refractivity contribution in [1.29, 1.82) is 0 Å². The van der Waals surface area contributed by atoms with Crippen molar-refractivity contribution in [1.82, 2.24) is 0 Å². The molecule has 2 aromatic rings. The molecule has 1 heterocycles. The Hall–Kier alpha value is -3.56. The summed E-state index contributed by atoms with van der Waals surface area (Å²) in [5.41, 5.74) is 0.764. The molecule has 152 valence electrons. The van der Waals surface area contributed by atoms with Crippen LogP contribution in [-0.4, -0.2) is 32.2 Å². The van der Waals surface area contributed by atoms with E-state index in [0.29, 0.717) is 11.1 Å². The zero-order valence-electron chi connectivity index (χ0n) is 14.8. The van der Waals surface area contributed by atoms with Crippen LogP contribution < -0.4 is 14.2 Å². The van der Waals surface area contributed by atoms with Gasteiger partial charge in [-0.15, -0.1) is 0 Å². The molecule has 0 saturated carbocycles. The molecule has 6 nitrogen and oxygen atoms in total. The van der Waals surface area contributed by atoms with Gasteiger partial charge in [0.25, 0.3) is 0 Å². The van der Waals surface area contributed by atoms with Gasteiger partial charge in [-0.1, -0.05) is 6.07 Å².